The van der Waals surface area contributed by atoms with Crippen LogP contribution in [0.2, 0.25) is 0 Å². The van der Waals surface area contributed by atoms with E-state index < -0.39 is 29.7 Å². The number of nitrogens with two attached hydrogens (primary N) is 1. The Morgan fingerprint density at radius 3 is 2.58 bits per heavy atom. The fraction of sp³-hybridized carbons (Fsp3) is 0.529. The normalized spacial score (nSPS) is 26.8. The Labute approximate surface area is 138 Å². The predicted molar refractivity (Wildman–Crippen MR) is 81.8 cm³/mol. The largest absolute Gasteiger partial charge is 0.367 e. The topological polar surface area (TPSA) is 72.6 Å². The molecule has 1 aromatic carbocycles. The number of amides is 2. The Kier molecular flexibility index (Phi) is 4.80. The van der Waals surface area contributed by atoms with Gasteiger partial charge in [-0.2, -0.15) is 0 Å². The number of hydrogen-bond acceptors (Lipinski definition) is 3. The monoisotopic (exact) mass is 338 g/mol. The lowest BCUT2D eigenvalue weighted by molar-refractivity contribution is -0.144. The van der Waals surface area contributed by atoms with Gasteiger partial charge < -0.3 is 15.4 Å². The predicted octanol–water partition coefficient (Wildman–Crippen LogP) is 1.39. The molecule has 0 spiro atoms. The van der Waals surface area contributed by atoms with Crippen LogP contribution in [-0.2, 0) is 20.7 Å². The summed E-state index contributed by atoms with van der Waals surface area (Å²) < 4.78 is 31.7. The lowest BCUT2D eigenvalue weighted by atomic mass is 9.98. The van der Waals surface area contributed by atoms with Crippen molar-refractivity contribution in [3.63, 3.8) is 0 Å². The van der Waals surface area contributed by atoms with Crippen molar-refractivity contribution < 1.29 is 23.1 Å². The Morgan fingerprint density at radius 2 is 1.92 bits per heavy atom. The molecule has 2 heterocycles. The molecule has 0 bridgehead atoms. The van der Waals surface area contributed by atoms with Crippen molar-refractivity contribution in [1.82, 2.24) is 4.90 Å². The van der Waals surface area contributed by atoms with Gasteiger partial charge in [0.15, 0.2) is 11.6 Å². The Morgan fingerprint density at radius 1 is 1.17 bits per heavy atom. The SMILES string of the molecule is NC(=O)[C@@H]1CC[C@H](C(=O)N2CC[C@@H](Cc3ccc(F)c(F)c3)C2)O1. The quantitative estimate of drug-likeness (QED) is 0.902. The van der Waals surface area contributed by atoms with Crippen LogP contribution in [0.5, 0.6) is 0 Å². The van der Waals surface area contributed by atoms with Crippen LogP contribution in [0.15, 0.2) is 18.2 Å². The fourth-order valence-electron chi connectivity index (χ4n) is 3.43. The zero-order chi connectivity index (χ0) is 17.3. The van der Waals surface area contributed by atoms with E-state index in [0.29, 0.717) is 32.4 Å². The van der Waals surface area contributed by atoms with E-state index in [4.69, 9.17) is 10.5 Å². The summed E-state index contributed by atoms with van der Waals surface area (Å²) >= 11 is 0. The summed E-state index contributed by atoms with van der Waals surface area (Å²) in [5.41, 5.74) is 5.92. The first-order chi connectivity index (χ1) is 11.4. The van der Waals surface area contributed by atoms with Gasteiger partial charge in [0.25, 0.3) is 5.91 Å². The van der Waals surface area contributed by atoms with Gasteiger partial charge in [0.1, 0.15) is 12.2 Å². The van der Waals surface area contributed by atoms with Gasteiger partial charge in [-0.05, 0) is 49.3 Å². The molecule has 2 fully saturated rings. The second-order valence-corrected chi connectivity index (χ2v) is 6.48. The van der Waals surface area contributed by atoms with Gasteiger partial charge in [-0.25, -0.2) is 8.78 Å². The van der Waals surface area contributed by atoms with Gasteiger partial charge in [0, 0.05) is 13.1 Å². The number of rotatable bonds is 4. The number of nitrogens with zero attached hydrogens (tertiary/aromatic N) is 1. The third-order valence-corrected chi connectivity index (χ3v) is 4.72. The van der Waals surface area contributed by atoms with Crippen LogP contribution in [-0.4, -0.2) is 42.0 Å². The van der Waals surface area contributed by atoms with E-state index in [1.807, 2.05) is 0 Å². The molecule has 0 aliphatic carbocycles. The van der Waals surface area contributed by atoms with Gasteiger partial charge in [-0.3, -0.25) is 9.59 Å². The maximum absolute atomic E-state index is 13.3. The minimum Gasteiger partial charge on any atom is -0.367 e. The summed E-state index contributed by atoms with van der Waals surface area (Å²) in [6.07, 6.45) is 1.07. The molecule has 2 N–H and O–H groups in total. The Hall–Kier alpha value is -2.02. The third-order valence-electron chi connectivity index (χ3n) is 4.72. The van der Waals surface area contributed by atoms with E-state index >= 15 is 0 Å². The molecule has 3 rings (SSSR count). The van der Waals surface area contributed by atoms with E-state index in [1.165, 1.54) is 6.07 Å². The molecule has 2 aliphatic rings. The molecule has 0 unspecified atom stereocenters. The molecule has 5 nitrogen and oxygen atoms in total. The number of likely N-dealkylation sites (tertiary alicyclic amines) is 1. The van der Waals surface area contributed by atoms with Gasteiger partial charge >= 0.3 is 0 Å². The number of hydrogen-bond donors (Lipinski definition) is 1. The van der Waals surface area contributed by atoms with Gasteiger partial charge in [-0.1, -0.05) is 6.07 Å². The second-order valence-electron chi connectivity index (χ2n) is 6.48. The first kappa shape index (κ1) is 16.8. The lowest BCUT2D eigenvalue weighted by Crippen LogP contribution is -2.39. The van der Waals surface area contributed by atoms with Crippen molar-refractivity contribution in [2.24, 2.45) is 11.7 Å². The molecule has 2 aliphatic heterocycles. The van der Waals surface area contributed by atoms with Crippen LogP contribution < -0.4 is 5.73 Å². The van der Waals surface area contributed by atoms with Crippen molar-refractivity contribution in [1.29, 1.82) is 0 Å². The molecule has 2 saturated heterocycles. The molecule has 130 valence electrons. The number of carbonyl (C=O) groups is 2. The summed E-state index contributed by atoms with van der Waals surface area (Å²) in [6, 6.07) is 3.90. The highest BCUT2D eigenvalue weighted by Crippen LogP contribution is 2.26. The molecular formula is C17H20F2N2O3. The lowest BCUT2D eigenvalue weighted by Gasteiger charge is -2.20. The van der Waals surface area contributed by atoms with E-state index in [-0.39, 0.29) is 11.8 Å². The molecule has 0 saturated carbocycles. The molecule has 0 aromatic heterocycles. The first-order valence-corrected chi connectivity index (χ1v) is 8.11. The fourth-order valence-corrected chi connectivity index (χ4v) is 3.43. The van der Waals surface area contributed by atoms with Crippen molar-refractivity contribution in [2.75, 3.05) is 13.1 Å². The zero-order valence-electron chi connectivity index (χ0n) is 13.2. The van der Waals surface area contributed by atoms with Crippen molar-refractivity contribution in [2.45, 2.75) is 37.9 Å². The molecule has 24 heavy (non-hydrogen) atoms. The third kappa shape index (κ3) is 3.56. The zero-order valence-corrected chi connectivity index (χ0v) is 13.2. The molecule has 3 atom stereocenters. The van der Waals surface area contributed by atoms with Crippen LogP contribution >= 0.6 is 0 Å². The summed E-state index contributed by atoms with van der Waals surface area (Å²) in [4.78, 5) is 25.3. The van der Waals surface area contributed by atoms with Crippen molar-refractivity contribution in [3.8, 4) is 0 Å². The minimum absolute atomic E-state index is 0.119. The average molecular weight is 338 g/mol. The standard InChI is InChI=1S/C17H20F2N2O3/c18-12-2-1-10(8-13(12)19)7-11-5-6-21(9-11)17(23)15-4-3-14(24-15)16(20)22/h1-2,8,11,14-15H,3-7,9H2,(H2,20,22)/t11-,14-,15+/m0/s1. The maximum Gasteiger partial charge on any atom is 0.251 e. The van der Waals surface area contributed by atoms with Crippen molar-refractivity contribution >= 4 is 11.8 Å². The highest BCUT2D eigenvalue weighted by atomic mass is 19.2. The van der Waals surface area contributed by atoms with Crippen LogP contribution in [0.25, 0.3) is 0 Å². The maximum atomic E-state index is 13.3. The van der Waals surface area contributed by atoms with Gasteiger partial charge in [0.05, 0.1) is 0 Å². The molecule has 2 amide bonds. The number of ether oxygens (including phenoxy) is 1. The van der Waals surface area contributed by atoms with E-state index in [2.05, 4.69) is 0 Å². The second kappa shape index (κ2) is 6.84. The van der Waals surface area contributed by atoms with Gasteiger partial charge in [-0.15, -0.1) is 0 Å². The van der Waals surface area contributed by atoms with E-state index in [1.54, 1.807) is 11.0 Å². The summed E-state index contributed by atoms with van der Waals surface area (Å²) in [6.45, 7) is 1.16. The number of halogens is 2. The molecular weight excluding hydrogens is 318 g/mol. The van der Waals surface area contributed by atoms with E-state index in [9.17, 15) is 18.4 Å². The summed E-state index contributed by atoms with van der Waals surface area (Å²) in [5.74, 6) is -2.17. The highest BCUT2D eigenvalue weighted by molar-refractivity contribution is 5.84. The van der Waals surface area contributed by atoms with Crippen molar-refractivity contribution in [3.05, 3.63) is 35.4 Å². The highest BCUT2D eigenvalue weighted by Gasteiger charge is 2.38. The molecule has 0 radical (unpaired) electrons. The summed E-state index contributed by atoms with van der Waals surface area (Å²) in [7, 11) is 0. The van der Waals surface area contributed by atoms with Gasteiger partial charge in [0.2, 0.25) is 5.91 Å². The van der Waals surface area contributed by atoms with Crippen LogP contribution in [0.1, 0.15) is 24.8 Å². The van der Waals surface area contributed by atoms with Crippen LogP contribution in [0.3, 0.4) is 0 Å². The summed E-state index contributed by atoms with van der Waals surface area (Å²) in [5, 5.41) is 0. The average Bonchev–Trinajstić information content (AvgIpc) is 3.20. The van der Waals surface area contributed by atoms with E-state index in [0.717, 1.165) is 18.1 Å². The number of primary amides is 1. The molecule has 7 heteroatoms. The molecule has 1 aromatic rings. The number of carbonyl (C=O) groups excluding carboxylic acids is 2. The number of benzene rings is 1. The van der Waals surface area contributed by atoms with Crippen LogP contribution in [0, 0.1) is 17.6 Å². The van der Waals surface area contributed by atoms with Crippen LogP contribution in [0.4, 0.5) is 8.78 Å². The minimum atomic E-state index is -0.857. The Balaban J connectivity index is 1.54. The Bertz CT molecular complexity index is 653. The first-order valence-electron chi connectivity index (χ1n) is 8.11. The smallest absolute Gasteiger partial charge is 0.251 e.